The molecule has 1 aliphatic carbocycles. The molecule has 2 aliphatic rings. The molecular formula is C63H44N4. The van der Waals surface area contributed by atoms with Gasteiger partial charge in [0.2, 0.25) is 0 Å². The Kier molecular flexibility index (Phi) is 10.0. The van der Waals surface area contributed by atoms with Gasteiger partial charge in [0.1, 0.15) is 0 Å². The Morgan fingerprint density at radius 1 is 0.418 bits per heavy atom. The minimum atomic E-state index is 0.187. The van der Waals surface area contributed by atoms with E-state index >= 15 is 0 Å². The zero-order chi connectivity index (χ0) is 44.7. The van der Waals surface area contributed by atoms with Crippen molar-refractivity contribution in [3.63, 3.8) is 0 Å². The molecule has 10 aromatic carbocycles. The first-order chi connectivity index (χ1) is 33.2. The molecule has 0 saturated heterocycles. The van der Waals surface area contributed by atoms with Crippen LogP contribution in [0.25, 0.3) is 43.8 Å². The molecule has 316 valence electrons. The summed E-state index contributed by atoms with van der Waals surface area (Å²) in [6.45, 7) is 0. The highest BCUT2D eigenvalue weighted by Gasteiger charge is 2.38. The molecule has 67 heavy (non-hydrogen) atoms. The van der Waals surface area contributed by atoms with Crippen molar-refractivity contribution in [3.8, 4) is 28.3 Å². The molecule has 2 unspecified atom stereocenters. The molecule has 0 fully saturated rings. The molecule has 0 saturated carbocycles. The van der Waals surface area contributed by atoms with E-state index in [0.29, 0.717) is 5.56 Å². The summed E-state index contributed by atoms with van der Waals surface area (Å²) in [7, 11) is 0. The summed E-state index contributed by atoms with van der Waals surface area (Å²) in [5.74, 6) is 0.204. The van der Waals surface area contributed by atoms with E-state index in [9.17, 15) is 5.26 Å². The summed E-state index contributed by atoms with van der Waals surface area (Å²) in [5, 5.41) is 14.5. The molecule has 0 N–H and O–H groups in total. The zero-order valence-electron chi connectivity index (χ0n) is 36.7. The van der Waals surface area contributed by atoms with E-state index in [4.69, 9.17) is 0 Å². The van der Waals surface area contributed by atoms with Crippen LogP contribution in [0.1, 0.15) is 17.0 Å². The molecule has 0 radical (unpaired) electrons. The van der Waals surface area contributed by atoms with Gasteiger partial charge in [0.25, 0.3) is 0 Å². The topological polar surface area (TPSA) is 33.5 Å². The average molecular weight is 857 g/mol. The first-order valence-electron chi connectivity index (χ1n) is 22.9. The van der Waals surface area contributed by atoms with Gasteiger partial charge in [-0.05, 0) is 130 Å². The quantitative estimate of drug-likeness (QED) is 0.145. The van der Waals surface area contributed by atoms with Gasteiger partial charge in [-0.3, -0.25) is 0 Å². The summed E-state index contributed by atoms with van der Waals surface area (Å²) in [6.07, 6.45) is 8.99. The molecule has 0 amide bonds. The van der Waals surface area contributed by atoms with Crippen LogP contribution in [-0.4, -0.2) is 6.04 Å². The number of rotatable bonds is 9. The van der Waals surface area contributed by atoms with Crippen LogP contribution in [0.5, 0.6) is 0 Å². The van der Waals surface area contributed by atoms with Gasteiger partial charge in [0.15, 0.2) is 0 Å². The summed E-state index contributed by atoms with van der Waals surface area (Å²) >= 11 is 0. The smallest absolute Gasteiger partial charge is 0.0991 e. The normalized spacial score (nSPS) is 14.7. The van der Waals surface area contributed by atoms with Gasteiger partial charge in [-0.15, -0.1) is 0 Å². The SMILES string of the molecule is N#Cc1ccc(N(c2ccc3c(c2)C2C=CC=CC2N3c2ccccc2)c2ccc(-c3ccc(N(c4ccc(-c5ccccc5)cc4)c4cccc5ccccc45)cc3)c3ccccc23)cc1. The first kappa shape index (κ1) is 39.7. The van der Waals surface area contributed by atoms with Gasteiger partial charge in [-0.2, -0.15) is 5.26 Å². The van der Waals surface area contributed by atoms with Crippen molar-refractivity contribution in [2.45, 2.75) is 12.0 Å². The van der Waals surface area contributed by atoms with E-state index in [0.717, 1.165) is 56.0 Å². The second-order valence-electron chi connectivity index (χ2n) is 17.2. The molecule has 12 rings (SSSR count). The van der Waals surface area contributed by atoms with Gasteiger partial charge in [-0.25, -0.2) is 0 Å². The van der Waals surface area contributed by atoms with Gasteiger partial charge in [0, 0.05) is 50.8 Å². The number of anilines is 8. The summed E-state index contributed by atoms with van der Waals surface area (Å²) in [4.78, 5) is 7.19. The third kappa shape index (κ3) is 7.11. The predicted molar refractivity (Wildman–Crippen MR) is 280 cm³/mol. The van der Waals surface area contributed by atoms with Crippen LogP contribution in [-0.2, 0) is 0 Å². The van der Waals surface area contributed by atoms with Crippen molar-refractivity contribution in [2.24, 2.45) is 0 Å². The Morgan fingerprint density at radius 2 is 0.970 bits per heavy atom. The van der Waals surface area contributed by atoms with Crippen LogP contribution in [0.4, 0.5) is 45.5 Å². The minimum absolute atomic E-state index is 0.187. The largest absolute Gasteiger partial charge is 0.333 e. The second kappa shape index (κ2) is 16.9. The van der Waals surface area contributed by atoms with Crippen molar-refractivity contribution in [1.82, 2.24) is 0 Å². The molecule has 1 aliphatic heterocycles. The molecular weight excluding hydrogens is 813 g/mol. The minimum Gasteiger partial charge on any atom is -0.333 e. The van der Waals surface area contributed by atoms with E-state index in [1.165, 1.54) is 38.8 Å². The van der Waals surface area contributed by atoms with Crippen LogP contribution in [0, 0.1) is 11.3 Å². The molecule has 0 aromatic heterocycles. The molecule has 4 heteroatoms. The molecule has 0 bridgehead atoms. The van der Waals surface area contributed by atoms with Gasteiger partial charge in [0.05, 0.1) is 29.0 Å². The highest BCUT2D eigenvalue weighted by Crippen LogP contribution is 2.51. The number of para-hydroxylation sites is 1. The van der Waals surface area contributed by atoms with Crippen molar-refractivity contribution in [3.05, 3.63) is 266 Å². The van der Waals surface area contributed by atoms with E-state index in [-0.39, 0.29) is 12.0 Å². The fourth-order valence-electron chi connectivity index (χ4n) is 10.3. The Morgan fingerprint density at radius 3 is 1.70 bits per heavy atom. The highest BCUT2D eigenvalue weighted by molar-refractivity contribution is 6.07. The number of hydrogen-bond acceptors (Lipinski definition) is 4. The molecule has 0 spiro atoms. The number of allylic oxidation sites excluding steroid dienone is 2. The fourth-order valence-corrected chi connectivity index (χ4v) is 10.3. The average Bonchev–Trinajstić information content (AvgIpc) is 3.74. The van der Waals surface area contributed by atoms with E-state index in [2.05, 4.69) is 263 Å². The standard InChI is InChI=1S/C63H44N4/c64-43-44-26-32-50(33-27-44)66(53-38-40-63-59(42-53)58-23-11-12-24-61(58)67(63)49-18-5-2-6-19-49)62-41-39-54(56-21-9-10-22-57(56)62)48-30-36-52(37-31-48)65(60-25-13-17-47-16-7-8-20-55(47)60)51-34-28-46(29-35-51)45-14-3-1-4-15-45/h1-42,58,61H. The molecule has 4 nitrogen and oxygen atoms in total. The number of fused-ring (bicyclic) bond motifs is 5. The lowest BCUT2D eigenvalue weighted by Gasteiger charge is -2.29. The third-order valence-electron chi connectivity index (χ3n) is 13.4. The number of nitriles is 1. The zero-order valence-corrected chi connectivity index (χ0v) is 36.7. The highest BCUT2D eigenvalue weighted by atomic mass is 15.2. The van der Waals surface area contributed by atoms with Crippen LogP contribution in [0.2, 0.25) is 0 Å². The first-order valence-corrected chi connectivity index (χ1v) is 22.9. The predicted octanol–water partition coefficient (Wildman–Crippen LogP) is 16.9. The van der Waals surface area contributed by atoms with Crippen molar-refractivity contribution >= 4 is 67.0 Å². The monoisotopic (exact) mass is 856 g/mol. The van der Waals surface area contributed by atoms with E-state index in [1.807, 2.05) is 12.1 Å². The lowest BCUT2D eigenvalue weighted by atomic mass is 9.91. The van der Waals surface area contributed by atoms with Crippen molar-refractivity contribution in [2.75, 3.05) is 14.7 Å². The molecule has 1 heterocycles. The van der Waals surface area contributed by atoms with Gasteiger partial charge < -0.3 is 14.7 Å². The van der Waals surface area contributed by atoms with Crippen LogP contribution in [0.15, 0.2) is 255 Å². The lowest BCUT2D eigenvalue weighted by molar-refractivity contribution is 0.745. The number of nitrogens with zero attached hydrogens (tertiary/aromatic N) is 4. The Bertz CT molecular complexity index is 3530. The summed E-state index contributed by atoms with van der Waals surface area (Å²) in [6, 6.07) is 84.9. The maximum atomic E-state index is 9.79. The number of benzene rings is 10. The van der Waals surface area contributed by atoms with Crippen LogP contribution >= 0.6 is 0 Å². The Labute approximate surface area is 391 Å². The van der Waals surface area contributed by atoms with E-state index < -0.39 is 0 Å². The summed E-state index contributed by atoms with van der Waals surface area (Å²) in [5.41, 5.74) is 15.4. The maximum Gasteiger partial charge on any atom is 0.0991 e. The van der Waals surface area contributed by atoms with Crippen LogP contribution < -0.4 is 14.7 Å². The number of hydrogen-bond donors (Lipinski definition) is 0. The van der Waals surface area contributed by atoms with Crippen molar-refractivity contribution < 1.29 is 0 Å². The Hall–Kier alpha value is -8.91. The van der Waals surface area contributed by atoms with Gasteiger partial charge in [-0.1, -0.05) is 164 Å². The van der Waals surface area contributed by atoms with Crippen LogP contribution in [0.3, 0.4) is 0 Å². The maximum absolute atomic E-state index is 9.79. The van der Waals surface area contributed by atoms with Gasteiger partial charge >= 0.3 is 0 Å². The molecule has 2 atom stereocenters. The summed E-state index contributed by atoms with van der Waals surface area (Å²) < 4.78 is 0. The Balaban J connectivity index is 0.956. The van der Waals surface area contributed by atoms with E-state index in [1.54, 1.807) is 0 Å². The molecule has 10 aromatic rings. The fraction of sp³-hybridized carbons (Fsp3) is 0.0317. The van der Waals surface area contributed by atoms with Crippen molar-refractivity contribution in [1.29, 1.82) is 5.26 Å². The lowest BCUT2D eigenvalue weighted by Crippen LogP contribution is -2.28. The third-order valence-corrected chi connectivity index (χ3v) is 13.4. The second-order valence-corrected chi connectivity index (χ2v) is 17.2.